The molecule has 1 saturated heterocycles. The summed E-state index contributed by atoms with van der Waals surface area (Å²) in [4.78, 5) is 12.1. The van der Waals surface area contributed by atoms with Crippen LogP contribution in [0.1, 0.15) is 25.3 Å². The van der Waals surface area contributed by atoms with Gasteiger partial charge in [-0.15, -0.1) is 0 Å². The van der Waals surface area contributed by atoms with Crippen molar-refractivity contribution < 1.29 is 9.53 Å². The Hall–Kier alpha value is -0.870. The maximum absolute atomic E-state index is 12.1. The van der Waals surface area contributed by atoms with Crippen LogP contribution in [-0.2, 0) is 16.1 Å². The van der Waals surface area contributed by atoms with E-state index in [0.717, 1.165) is 29.4 Å². The predicted octanol–water partition coefficient (Wildman–Crippen LogP) is 2.88. The van der Waals surface area contributed by atoms with Crippen LogP contribution in [0.3, 0.4) is 0 Å². The molecule has 98 valence electrons. The van der Waals surface area contributed by atoms with Crippen molar-refractivity contribution in [2.45, 2.75) is 26.4 Å². The fourth-order valence-corrected chi connectivity index (χ4v) is 2.63. The quantitative estimate of drug-likeness (QED) is 0.872. The molecule has 1 aliphatic heterocycles. The van der Waals surface area contributed by atoms with Crippen molar-refractivity contribution >= 4 is 21.9 Å². The summed E-state index contributed by atoms with van der Waals surface area (Å²) in [6.07, 6.45) is 1.93. The molecule has 0 aromatic heterocycles. The Bertz CT molecular complexity index is 428. The summed E-state index contributed by atoms with van der Waals surface area (Å²) in [6, 6.07) is 7.82. The first kappa shape index (κ1) is 13.6. The van der Waals surface area contributed by atoms with Crippen LogP contribution in [0.4, 0.5) is 0 Å². The first-order valence-electron chi connectivity index (χ1n) is 6.23. The third kappa shape index (κ3) is 3.33. The zero-order valence-electron chi connectivity index (χ0n) is 10.5. The molecule has 4 heteroatoms. The van der Waals surface area contributed by atoms with Gasteiger partial charge in [0.1, 0.15) is 6.61 Å². The monoisotopic (exact) mass is 311 g/mol. The average molecular weight is 312 g/mol. The van der Waals surface area contributed by atoms with Gasteiger partial charge >= 0.3 is 5.97 Å². The largest absolute Gasteiger partial charge is 0.460 e. The SMILES string of the molecule is CC1(C(=O)OCc2cccc(Br)c2)CCCNC1. The van der Waals surface area contributed by atoms with Gasteiger partial charge in [-0.25, -0.2) is 0 Å². The van der Waals surface area contributed by atoms with E-state index in [9.17, 15) is 4.79 Å². The summed E-state index contributed by atoms with van der Waals surface area (Å²) in [6.45, 7) is 4.02. The number of benzene rings is 1. The second-order valence-electron chi connectivity index (χ2n) is 5.05. The molecule has 18 heavy (non-hydrogen) atoms. The minimum Gasteiger partial charge on any atom is -0.460 e. The Balaban J connectivity index is 1.91. The maximum Gasteiger partial charge on any atom is 0.313 e. The molecule has 1 fully saturated rings. The molecule has 3 nitrogen and oxygen atoms in total. The number of carbonyl (C=O) groups is 1. The van der Waals surface area contributed by atoms with Gasteiger partial charge in [0.2, 0.25) is 0 Å². The van der Waals surface area contributed by atoms with Crippen molar-refractivity contribution in [3.63, 3.8) is 0 Å². The van der Waals surface area contributed by atoms with E-state index in [0.29, 0.717) is 13.2 Å². The molecule has 1 atom stereocenters. The number of ether oxygens (including phenoxy) is 1. The molecular weight excluding hydrogens is 294 g/mol. The standard InChI is InChI=1S/C14H18BrNO2/c1-14(6-3-7-16-10-14)13(17)18-9-11-4-2-5-12(15)8-11/h2,4-5,8,16H,3,6-7,9-10H2,1H3. The highest BCUT2D eigenvalue weighted by molar-refractivity contribution is 9.10. The number of piperidine rings is 1. The highest BCUT2D eigenvalue weighted by Gasteiger charge is 2.36. The molecule has 0 bridgehead atoms. The molecule has 0 aliphatic carbocycles. The van der Waals surface area contributed by atoms with E-state index in [1.807, 2.05) is 31.2 Å². The number of esters is 1. The van der Waals surface area contributed by atoms with Crippen molar-refractivity contribution in [2.75, 3.05) is 13.1 Å². The van der Waals surface area contributed by atoms with Crippen LogP contribution in [0.5, 0.6) is 0 Å². The maximum atomic E-state index is 12.1. The molecule has 1 aromatic carbocycles. The van der Waals surface area contributed by atoms with Crippen LogP contribution in [0.2, 0.25) is 0 Å². The van der Waals surface area contributed by atoms with Gasteiger partial charge in [-0.1, -0.05) is 28.1 Å². The first-order valence-corrected chi connectivity index (χ1v) is 7.02. The van der Waals surface area contributed by atoms with E-state index < -0.39 is 0 Å². The smallest absolute Gasteiger partial charge is 0.313 e. The zero-order valence-corrected chi connectivity index (χ0v) is 12.1. The Morgan fingerprint density at radius 2 is 2.39 bits per heavy atom. The third-order valence-electron chi connectivity index (χ3n) is 3.35. The number of nitrogens with one attached hydrogen (secondary N) is 1. The number of hydrogen-bond acceptors (Lipinski definition) is 3. The van der Waals surface area contributed by atoms with Gasteiger partial charge in [0, 0.05) is 11.0 Å². The Labute approximate surface area is 116 Å². The minimum absolute atomic E-state index is 0.102. The fourth-order valence-electron chi connectivity index (χ4n) is 2.18. The summed E-state index contributed by atoms with van der Waals surface area (Å²) >= 11 is 3.41. The average Bonchev–Trinajstić information content (AvgIpc) is 2.37. The number of halogens is 1. The molecule has 0 radical (unpaired) electrons. The van der Waals surface area contributed by atoms with Gasteiger partial charge < -0.3 is 10.1 Å². The summed E-state index contributed by atoms with van der Waals surface area (Å²) in [5, 5.41) is 3.26. The van der Waals surface area contributed by atoms with Crippen molar-refractivity contribution in [1.29, 1.82) is 0 Å². The van der Waals surface area contributed by atoms with Crippen molar-refractivity contribution in [1.82, 2.24) is 5.32 Å². The summed E-state index contributed by atoms with van der Waals surface area (Å²) < 4.78 is 6.43. The lowest BCUT2D eigenvalue weighted by molar-refractivity contribution is -0.157. The van der Waals surface area contributed by atoms with Gasteiger partial charge in [-0.2, -0.15) is 0 Å². The fraction of sp³-hybridized carbons (Fsp3) is 0.500. The van der Waals surface area contributed by atoms with Crippen molar-refractivity contribution in [3.05, 3.63) is 34.3 Å². The molecule has 0 amide bonds. The van der Waals surface area contributed by atoms with Gasteiger partial charge in [0.15, 0.2) is 0 Å². The van der Waals surface area contributed by atoms with E-state index >= 15 is 0 Å². The van der Waals surface area contributed by atoms with Crippen LogP contribution in [0.15, 0.2) is 28.7 Å². The van der Waals surface area contributed by atoms with E-state index in [1.54, 1.807) is 0 Å². The van der Waals surface area contributed by atoms with Crippen LogP contribution in [-0.4, -0.2) is 19.1 Å². The molecule has 1 unspecified atom stereocenters. The normalized spacial score (nSPS) is 23.7. The topological polar surface area (TPSA) is 38.3 Å². The molecule has 1 heterocycles. The summed E-state index contributed by atoms with van der Waals surface area (Å²) in [7, 11) is 0. The van der Waals surface area contributed by atoms with E-state index in [2.05, 4.69) is 21.2 Å². The lowest BCUT2D eigenvalue weighted by Gasteiger charge is -2.31. The van der Waals surface area contributed by atoms with Crippen molar-refractivity contribution in [3.8, 4) is 0 Å². The van der Waals surface area contributed by atoms with Crippen LogP contribution in [0.25, 0.3) is 0 Å². The number of rotatable bonds is 3. The van der Waals surface area contributed by atoms with Gasteiger partial charge in [-0.05, 0) is 44.0 Å². The zero-order chi connectivity index (χ0) is 13.0. The van der Waals surface area contributed by atoms with Gasteiger partial charge in [-0.3, -0.25) is 4.79 Å². The molecule has 1 aromatic rings. The van der Waals surface area contributed by atoms with Gasteiger partial charge in [0.25, 0.3) is 0 Å². The second-order valence-corrected chi connectivity index (χ2v) is 5.96. The predicted molar refractivity (Wildman–Crippen MR) is 74.1 cm³/mol. The Morgan fingerprint density at radius 1 is 1.56 bits per heavy atom. The summed E-state index contributed by atoms with van der Waals surface area (Å²) in [5.74, 6) is -0.102. The van der Waals surface area contributed by atoms with Crippen LogP contribution >= 0.6 is 15.9 Å². The number of hydrogen-bond donors (Lipinski definition) is 1. The van der Waals surface area contributed by atoms with E-state index in [4.69, 9.17) is 4.74 Å². The molecule has 1 aliphatic rings. The summed E-state index contributed by atoms with van der Waals surface area (Å²) in [5.41, 5.74) is 0.634. The first-order chi connectivity index (χ1) is 8.60. The van der Waals surface area contributed by atoms with Gasteiger partial charge in [0.05, 0.1) is 5.41 Å². The van der Waals surface area contributed by atoms with E-state index in [-0.39, 0.29) is 11.4 Å². The van der Waals surface area contributed by atoms with Crippen LogP contribution in [0, 0.1) is 5.41 Å². The minimum atomic E-state index is -0.371. The van der Waals surface area contributed by atoms with E-state index in [1.165, 1.54) is 0 Å². The molecule has 1 N–H and O–H groups in total. The lowest BCUT2D eigenvalue weighted by atomic mass is 9.83. The molecule has 0 spiro atoms. The second kappa shape index (κ2) is 5.85. The van der Waals surface area contributed by atoms with Crippen molar-refractivity contribution in [2.24, 2.45) is 5.41 Å². The molecular formula is C14H18BrNO2. The molecule has 2 rings (SSSR count). The van der Waals surface area contributed by atoms with Crippen LogP contribution < -0.4 is 5.32 Å². The Morgan fingerprint density at radius 3 is 3.06 bits per heavy atom. The Kier molecular flexibility index (Phi) is 4.40. The third-order valence-corrected chi connectivity index (χ3v) is 3.84. The highest BCUT2D eigenvalue weighted by Crippen LogP contribution is 2.27. The molecule has 0 saturated carbocycles. The highest BCUT2D eigenvalue weighted by atomic mass is 79.9. The lowest BCUT2D eigenvalue weighted by Crippen LogP contribution is -2.44. The number of carbonyl (C=O) groups excluding carboxylic acids is 1.